The molecule has 0 radical (unpaired) electrons. The van der Waals surface area contributed by atoms with Gasteiger partial charge in [0.25, 0.3) is 6.43 Å². The van der Waals surface area contributed by atoms with Crippen LogP contribution >= 0.6 is 11.6 Å². The number of carbonyl (C=O) groups is 1. The van der Waals surface area contributed by atoms with Gasteiger partial charge in [0.2, 0.25) is 0 Å². The third kappa shape index (κ3) is 3.31. The number of hydrogen-bond donors (Lipinski definition) is 0. The Morgan fingerprint density at radius 3 is 2.47 bits per heavy atom. The van der Waals surface area contributed by atoms with E-state index in [0.717, 1.165) is 0 Å². The average molecular weight is 304 g/mol. The van der Waals surface area contributed by atoms with Crippen LogP contribution in [-0.4, -0.2) is 17.6 Å². The third-order valence-corrected chi connectivity index (χ3v) is 2.35. The molecule has 0 saturated carbocycles. The van der Waals surface area contributed by atoms with Crippen molar-refractivity contribution in [3.63, 3.8) is 0 Å². The largest absolute Gasteiger partial charge is 0.462 e. The Bertz CT molecular complexity index is 490. The highest BCUT2D eigenvalue weighted by atomic mass is 35.5. The number of halogens is 6. The first-order chi connectivity index (χ1) is 8.70. The van der Waals surface area contributed by atoms with Gasteiger partial charge in [0.1, 0.15) is 10.7 Å². The number of carbonyl (C=O) groups excluding carboxylic acids is 1. The van der Waals surface area contributed by atoms with Crippen LogP contribution in [0.1, 0.15) is 34.8 Å². The molecule has 1 rings (SSSR count). The van der Waals surface area contributed by atoms with Gasteiger partial charge < -0.3 is 4.74 Å². The van der Waals surface area contributed by atoms with Crippen molar-refractivity contribution < 1.29 is 31.5 Å². The topological polar surface area (TPSA) is 39.2 Å². The summed E-state index contributed by atoms with van der Waals surface area (Å²) in [6.07, 6.45) is -8.34. The van der Waals surface area contributed by atoms with Crippen molar-refractivity contribution in [1.82, 2.24) is 4.98 Å². The lowest BCUT2D eigenvalue weighted by Gasteiger charge is -2.16. The van der Waals surface area contributed by atoms with Crippen molar-refractivity contribution in [2.75, 3.05) is 6.61 Å². The van der Waals surface area contributed by atoms with E-state index in [1.54, 1.807) is 0 Å². The summed E-state index contributed by atoms with van der Waals surface area (Å²) in [6.45, 7) is 1.12. The van der Waals surface area contributed by atoms with Crippen molar-refractivity contribution in [3.05, 3.63) is 28.0 Å². The highest BCUT2D eigenvalue weighted by molar-refractivity contribution is 6.32. The van der Waals surface area contributed by atoms with Crippen molar-refractivity contribution >= 4 is 17.6 Å². The Labute approximate surface area is 109 Å². The fourth-order valence-corrected chi connectivity index (χ4v) is 1.58. The molecule has 0 fully saturated rings. The Morgan fingerprint density at radius 1 is 1.47 bits per heavy atom. The quantitative estimate of drug-likeness (QED) is 0.483. The van der Waals surface area contributed by atoms with Crippen molar-refractivity contribution in [3.8, 4) is 0 Å². The molecule has 0 bridgehead atoms. The predicted molar refractivity (Wildman–Crippen MR) is 55.2 cm³/mol. The first-order valence-corrected chi connectivity index (χ1v) is 5.28. The summed E-state index contributed by atoms with van der Waals surface area (Å²) in [6, 6.07) is 0. The molecule has 0 N–H and O–H groups in total. The minimum Gasteiger partial charge on any atom is -0.462 e. The summed E-state index contributed by atoms with van der Waals surface area (Å²) in [4.78, 5) is 14.6. The zero-order valence-corrected chi connectivity index (χ0v) is 10.1. The summed E-state index contributed by atoms with van der Waals surface area (Å²) in [7, 11) is 0. The van der Waals surface area contributed by atoms with E-state index in [-0.39, 0.29) is 6.61 Å². The molecule has 9 heteroatoms. The first-order valence-electron chi connectivity index (χ1n) is 4.91. The second-order valence-electron chi connectivity index (χ2n) is 3.27. The minimum absolute atomic E-state index is 0.231. The van der Waals surface area contributed by atoms with E-state index in [4.69, 9.17) is 11.6 Å². The lowest BCUT2D eigenvalue weighted by Crippen LogP contribution is -2.19. The smallest absolute Gasteiger partial charge is 0.417 e. The Balaban J connectivity index is 3.59. The number of aromatic nitrogens is 1. The van der Waals surface area contributed by atoms with E-state index in [9.17, 15) is 26.7 Å². The van der Waals surface area contributed by atoms with Gasteiger partial charge >= 0.3 is 12.1 Å². The number of nitrogens with zero attached hydrogens (tertiary/aromatic N) is 1. The molecule has 0 aromatic carbocycles. The van der Waals surface area contributed by atoms with E-state index in [0.29, 0.717) is 6.20 Å². The molecule has 0 aliphatic rings. The Morgan fingerprint density at radius 2 is 2.05 bits per heavy atom. The van der Waals surface area contributed by atoms with Crippen LogP contribution in [0.15, 0.2) is 6.20 Å². The summed E-state index contributed by atoms with van der Waals surface area (Å²) >= 11 is 5.39. The number of hydrogen-bond acceptors (Lipinski definition) is 3. The van der Waals surface area contributed by atoms with Crippen molar-refractivity contribution in [2.24, 2.45) is 0 Å². The van der Waals surface area contributed by atoms with Crippen molar-refractivity contribution in [2.45, 2.75) is 19.5 Å². The van der Waals surface area contributed by atoms with Crippen LogP contribution in [-0.2, 0) is 10.9 Å². The van der Waals surface area contributed by atoms with Crippen LogP contribution in [0.3, 0.4) is 0 Å². The van der Waals surface area contributed by atoms with E-state index in [2.05, 4.69) is 9.72 Å². The molecule has 0 amide bonds. The highest BCUT2D eigenvalue weighted by Gasteiger charge is 2.42. The molecule has 0 spiro atoms. The van der Waals surface area contributed by atoms with Gasteiger partial charge in [0, 0.05) is 11.8 Å². The summed E-state index contributed by atoms with van der Waals surface area (Å²) in [5.74, 6) is -1.45. The highest BCUT2D eigenvalue weighted by Crippen LogP contribution is 2.40. The number of rotatable bonds is 3. The average Bonchev–Trinajstić information content (AvgIpc) is 2.26. The third-order valence-electron chi connectivity index (χ3n) is 2.06. The Kier molecular flexibility index (Phi) is 4.67. The molecule has 0 saturated heterocycles. The second-order valence-corrected chi connectivity index (χ2v) is 3.63. The van der Waals surface area contributed by atoms with Gasteiger partial charge in [-0.25, -0.2) is 18.6 Å². The lowest BCUT2D eigenvalue weighted by atomic mass is 10.0. The zero-order valence-electron chi connectivity index (χ0n) is 9.39. The normalized spacial score (nSPS) is 11.8. The van der Waals surface area contributed by atoms with Gasteiger partial charge in [-0.1, -0.05) is 11.6 Å². The van der Waals surface area contributed by atoms with Gasteiger partial charge in [-0.15, -0.1) is 0 Å². The van der Waals surface area contributed by atoms with E-state index in [1.165, 1.54) is 6.92 Å². The van der Waals surface area contributed by atoms with E-state index < -0.39 is 40.4 Å². The number of alkyl halides is 5. The standard InChI is InChI=1S/C10H7ClF5NO2/c1-2-19-9(18)5-6(10(14,15)16)4(8(12)13)3-17-7(5)11/h3,8H,2H2,1H3. The molecule has 0 unspecified atom stereocenters. The molecule has 1 aromatic heterocycles. The molecule has 0 aliphatic heterocycles. The van der Waals surface area contributed by atoms with E-state index in [1.807, 2.05) is 0 Å². The predicted octanol–water partition coefficient (Wildman–Crippen LogP) is 3.87. The van der Waals surface area contributed by atoms with Crippen LogP contribution in [0, 0.1) is 0 Å². The summed E-state index contributed by atoms with van der Waals surface area (Å²) in [5.41, 5.74) is -4.44. The van der Waals surface area contributed by atoms with Gasteiger partial charge in [-0.2, -0.15) is 13.2 Å². The number of esters is 1. The molecular formula is C10H7ClF5NO2. The molecule has 3 nitrogen and oxygen atoms in total. The maximum atomic E-state index is 12.8. The Hall–Kier alpha value is -1.44. The molecule has 19 heavy (non-hydrogen) atoms. The van der Waals surface area contributed by atoms with Crippen LogP contribution in [0.2, 0.25) is 5.15 Å². The van der Waals surface area contributed by atoms with Gasteiger partial charge in [0.15, 0.2) is 0 Å². The molecule has 1 aromatic rings. The van der Waals surface area contributed by atoms with Gasteiger partial charge in [0.05, 0.1) is 12.2 Å². The second kappa shape index (κ2) is 5.68. The van der Waals surface area contributed by atoms with Crippen LogP contribution < -0.4 is 0 Å². The minimum atomic E-state index is -5.18. The molecular weight excluding hydrogens is 297 g/mol. The van der Waals surface area contributed by atoms with Crippen molar-refractivity contribution in [1.29, 1.82) is 0 Å². The summed E-state index contributed by atoms with van der Waals surface area (Å²) in [5, 5.41) is -0.838. The molecule has 0 atom stereocenters. The van der Waals surface area contributed by atoms with Crippen LogP contribution in [0.25, 0.3) is 0 Å². The van der Waals surface area contributed by atoms with Crippen LogP contribution in [0.5, 0.6) is 0 Å². The fourth-order valence-electron chi connectivity index (χ4n) is 1.36. The van der Waals surface area contributed by atoms with Crippen LogP contribution in [0.4, 0.5) is 22.0 Å². The zero-order chi connectivity index (χ0) is 14.8. The molecule has 0 aliphatic carbocycles. The maximum absolute atomic E-state index is 12.8. The molecule has 106 valence electrons. The number of ether oxygens (including phenoxy) is 1. The van der Waals surface area contributed by atoms with Gasteiger partial charge in [-0.3, -0.25) is 0 Å². The monoisotopic (exact) mass is 303 g/mol. The van der Waals surface area contributed by atoms with E-state index >= 15 is 0 Å². The molecule has 1 heterocycles. The summed E-state index contributed by atoms with van der Waals surface area (Å²) < 4.78 is 68.0. The number of pyridine rings is 1. The SMILES string of the molecule is CCOC(=O)c1c(Cl)ncc(C(F)F)c1C(F)(F)F. The maximum Gasteiger partial charge on any atom is 0.417 e. The first kappa shape index (κ1) is 15.6. The fraction of sp³-hybridized carbons (Fsp3) is 0.400. The van der Waals surface area contributed by atoms with Gasteiger partial charge in [-0.05, 0) is 6.92 Å². The lowest BCUT2D eigenvalue weighted by molar-refractivity contribution is -0.140.